The van der Waals surface area contributed by atoms with Crippen LogP contribution in [0.4, 0.5) is 5.69 Å². The van der Waals surface area contributed by atoms with Crippen LogP contribution in [0.5, 0.6) is 5.75 Å². The van der Waals surface area contributed by atoms with Gasteiger partial charge in [-0.1, -0.05) is 12.1 Å². The Labute approximate surface area is 150 Å². The molecule has 4 rings (SSSR count). The highest BCUT2D eigenvalue weighted by atomic mass is 32.2. The third-order valence-electron chi connectivity index (χ3n) is 4.35. The highest BCUT2D eigenvalue weighted by Gasteiger charge is 2.28. The van der Waals surface area contributed by atoms with Crippen molar-refractivity contribution in [1.29, 1.82) is 0 Å². The second kappa shape index (κ2) is 5.84. The lowest BCUT2D eigenvalue weighted by molar-refractivity contribution is -0.117. The summed E-state index contributed by atoms with van der Waals surface area (Å²) in [5, 5.41) is 0. The maximum Gasteiger partial charge on any atom is 0.269 e. The van der Waals surface area contributed by atoms with E-state index in [9.17, 15) is 13.2 Å². The Bertz CT molecular complexity index is 1120. The van der Waals surface area contributed by atoms with Gasteiger partial charge in [-0.25, -0.2) is 17.4 Å². The number of amides is 1. The number of aromatic nitrogens is 2. The molecule has 0 fully saturated rings. The van der Waals surface area contributed by atoms with E-state index in [0.29, 0.717) is 29.0 Å². The minimum Gasteiger partial charge on any atom is -0.487 e. The molecule has 0 aliphatic carbocycles. The van der Waals surface area contributed by atoms with Crippen LogP contribution in [0.25, 0.3) is 11.0 Å². The van der Waals surface area contributed by atoms with Gasteiger partial charge < -0.3 is 9.64 Å². The zero-order chi connectivity index (χ0) is 18.5. The van der Waals surface area contributed by atoms with Crippen LogP contribution < -0.4 is 9.64 Å². The zero-order valence-electron chi connectivity index (χ0n) is 14.3. The Morgan fingerprint density at radius 2 is 2.00 bits per heavy atom. The number of para-hydroxylation sites is 2. The second-order valence-corrected chi connectivity index (χ2v) is 8.04. The van der Waals surface area contributed by atoms with Gasteiger partial charge in [0.05, 0.1) is 28.2 Å². The van der Waals surface area contributed by atoms with Crippen molar-refractivity contribution in [3.63, 3.8) is 0 Å². The van der Waals surface area contributed by atoms with Crippen LogP contribution in [0.15, 0.2) is 53.7 Å². The van der Waals surface area contributed by atoms with Crippen molar-refractivity contribution in [2.75, 3.05) is 11.4 Å². The smallest absolute Gasteiger partial charge is 0.269 e. The van der Waals surface area contributed by atoms with Crippen LogP contribution in [-0.2, 0) is 14.8 Å². The van der Waals surface area contributed by atoms with E-state index in [0.717, 1.165) is 3.97 Å². The highest BCUT2D eigenvalue weighted by Crippen LogP contribution is 2.36. The summed E-state index contributed by atoms with van der Waals surface area (Å²) in [4.78, 5) is 17.7. The van der Waals surface area contributed by atoms with E-state index in [2.05, 4.69) is 4.98 Å². The molecule has 7 nitrogen and oxygen atoms in total. The number of hydrogen-bond acceptors (Lipinski definition) is 5. The largest absolute Gasteiger partial charge is 0.487 e. The Hall–Kier alpha value is -2.87. The molecule has 2 heterocycles. The molecule has 0 saturated heterocycles. The summed E-state index contributed by atoms with van der Waals surface area (Å²) in [6.07, 6.45) is 1.13. The minimum atomic E-state index is -3.86. The number of carbonyl (C=O) groups excluding carboxylic acids is 1. The second-order valence-electron chi connectivity index (χ2n) is 6.22. The van der Waals surface area contributed by atoms with Crippen molar-refractivity contribution in [3.05, 3.63) is 48.8 Å². The lowest BCUT2D eigenvalue weighted by Gasteiger charge is -2.33. The average molecular weight is 371 g/mol. The molecular formula is C18H17N3O4S. The van der Waals surface area contributed by atoms with E-state index in [4.69, 9.17) is 4.74 Å². The molecule has 1 aliphatic heterocycles. The van der Waals surface area contributed by atoms with Crippen molar-refractivity contribution < 1.29 is 17.9 Å². The number of anilines is 1. The van der Waals surface area contributed by atoms with E-state index in [1.165, 1.54) is 30.3 Å². The van der Waals surface area contributed by atoms with Crippen LogP contribution in [-0.4, -0.2) is 35.9 Å². The fourth-order valence-electron chi connectivity index (χ4n) is 3.12. The summed E-state index contributed by atoms with van der Waals surface area (Å²) in [6, 6.07) is 11.6. The first-order chi connectivity index (χ1) is 12.4. The summed E-state index contributed by atoms with van der Waals surface area (Å²) in [7, 11) is -3.86. The number of rotatable bonds is 2. The topological polar surface area (TPSA) is 81.5 Å². The van der Waals surface area contributed by atoms with E-state index in [1.54, 1.807) is 30.3 Å². The third-order valence-corrected chi connectivity index (χ3v) is 6.01. The van der Waals surface area contributed by atoms with Gasteiger partial charge in [0.1, 0.15) is 18.2 Å². The van der Waals surface area contributed by atoms with Gasteiger partial charge >= 0.3 is 0 Å². The lowest BCUT2D eigenvalue weighted by atomic mass is 10.2. The molecule has 0 spiro atoms. The molecule has 0 N–H and O–H groups in total. The molecule has 1 aromatic heterocycles. The molecule has 1 aliphatic rings. The number of nitrogens with zero attached hydrogens (tertiary/aromatic N) is 3. The average Bonchev–Trinajstić information content (AvgIpc) is 3.05. The Kier molecular flexibility index (Phi) is 3.73. The van der Waals surface area contributed by atoms with Crippen molar-refractivity contribution >= 4 is 32.7 Å². The van der Waals surface area contributed by atoms with Crippen LogP contribution >= 0.6 is 0 Å². The molecule has 26 heavy (non-hydrogen) atoms. The monoisotopic (exact) mass is 371 g/mol. The molecule has 8 heteroatoms. The number of ether oxygens (including phenoxy) is 1. The number of fused-ring (bicyclic) bond motifs is 2. The van der Waals surface area contributed by atoms with Crippen molar-refractivity contribution in [2.45, 2.75) is 24.8 Å². The third kappa shape index (κ3) is 2.53. The van der Waals surface area contributed by atoms with Gasteiger partial charge in [0.2, 0.25) is 5.91 Å². The van der Waals surface area contributed by atoms with Gasteiger partial charge in [-0.15, -0.1) is 0 Å². The van der Waals surface area contributed by atoms with Crippen molar-refractivity contribution in [3.8, 4) is 5.75 Å². The maximum absolute atomic E-state index is 13.1. The van der Waals surface area contributed by atoms with E-state index >= 15 is 0 Å². The summed E-state index contributed by atoms with van der Waals surface area (Å²) in [5.41, 5.74) is 1.55. The van der Waals surface area contributed by atoms with Crippen LogP contribution in [0, 0.1) is 0 Å². The van der Waals surface area contributed by atoms with E-state index in [1.807, 2.05) is 6.92 Å². The lowest BCUT2D eigenvalue weighted by Crippen LogP contribution is -2.41. The molecule has 0 radical (unpaired) electrons. The van der Waals surface area contributed by atoms with Gasteiger partial charge in [0.25, 0.3) is 10.0 Å². The first kappa shape index (κ1) is 16.6. The van der Waals surface area contributed by atoms with Crippen molar-refractivity contribution in [2.24, 2.45) is 0 Å². The van der Waals surface area contributed by atoms with Gasteiger partial charge in [0.15, 0.2) is 0 Å². The molecule has 3 aromatic rings. The molecule has 2 aromatic carbocycles. The Balaban J connectivity index is 1.86. The zero-order valence-corrected chi connectivity index (χ0v) is 15.1. The molecular weight excluding hydrogens is 354 g/mol. The molecule has 0 bridgehead atoms. The van der Waals surface area contributed by atoms with Gasteiger partial charge in [-0.3, -0.25) is 4.79 Å². The predicted molar refractivity (Wildman–Crippen MR) is 96.9 cm³/mol. The molecule has 0 saturated carbocycles. The fraction of sp³-hybridized carbons (Fsp3) is 0.222. The quantitative estimate of drug-likeness (QED) is 0.691. The first-order valence-corrected chi connectivity index (χ1v) is 9.58. The number of hydrogen-bond donors (Lipinski definition) is 0. The van der Waals surface area contributed by atoms with Crippen molar-refractivity contribution in [1.82, 2.24) is 8.96 Å². The summed E-state index contributed by atoms with van der Waals surface area (Å²) in [5.74, 6) is 0.331. The minimum absolute atomic E-state index is 0.0730. The summed E-state index contributed by atoms with van der Waals surface area (Å²) >= 11 is 0. The molecule has 1 amide bonds. The highest BCUT2D eigenvalue weighted by molar-refractivity contribution is 7.90. The van der Waals surface area contributed by atoms with Crippen LogP contribution in [0.3, 0.4) is 0 Å². The molecule has 134 valence electrons. The standard InChI is InChI=1S/C18H17N3O4S/c1-12-10-20(13(2)22)17-9-14(7-8-18(17)25-12)26(23,24)21-11-19-15-5-3-4-6-16(15)21/h3-9,11-12H,10H2,1-2H3. The fourth-order valence-corrected chi connectivity index (χ4v) is 4.43. The molecule has 1 atom stereocenters. The summed E-state index contributed by atoms with van der Waals surface area (Å²) < 4.78 is 33.1. The Morgan fingerprint density at radius 1 is 1.23 bits per heavy atom. The van der Waals surface area contributed by atoms with E-state index < -0.39 is 10.0 Å². The number of imidazole rings is 1. The molecule has 1 unspecified atom stereocenters. The van der Waals surface area contributed by atoms with Gasteiger partial charge in [0, 0.05) is 6.92 Å². The van der Waals surface area contributed by atoms with Crippen LogP contribution in [0.1, 0.15) is 13.8 Å². The Morgan fingerprint density at radius 3 is 2.77 bits per heavy atom. The normalized spacial score (nSPS) is 17.0. The van der Waals surface area contributed by atoms with Crippen LogP contribution in [0.2, 0.25) is 0 Å². The SMILES string of the molecule is CC(=O)N1CC(C)Oc2ccc(S(=O)(=O)n3cnc4ccccc43)cc21. The maximum atomic E-state index is 13.1. The van der Waals surface area contributed by atoms with Gasteiger partial charge in [-0.05, 0) is 37.3 Å². The van der Waals surface area contributed by atoms with E-state index in [-0.39, 0.29) is 16.9 Å². The van der Waals surface area contributed by atoms with Gasteiger partial charge in [-0.2, -0.15) is 0 Å². The summed E-state index contributed by atoms with van der Waals surface area (Å²) in [6.45, 7) is 3.69. The number of carbonyl (C=O) groups is 1. The number of benzene rings is 2. The predicted octanol–water partition coefficient (Wildman–Crippen LogP) is 2.41. The first-order valence-electron chi connectivity index (χ1n) is 8.14.